The summed E-state index contributed by atoms with van der Waals surface area (Å²) in [5.41, 5.74) is 1.61. The van der Waals surface area contributed by atoms with Gasteiger partial charge in [0.2, 0.25) is 0 Å². The average Bonchev–Trinajstić information content (AvgIpc) is 2.51. The average molecular weight is 282 g/mol. The van der Waals surface area contributed by atoms with Crippen LogP contribution in [0.3, 0.4) is 0 Å². The van der Waals surface area contributed by atoms with Crippen molar-refractivity contribution in [1.82, 2.24) is 0 Å². The van der Waals surface area contributed by atoms with Gasteiger partial charge in [0.05, 0.1) is 17.6 Å². The molecule has 2 aromatic carbocycles. The van der Waals surface area contributed by atoms with Crippen LogP contribution in [0.4, 0.5) is 5.69 Å². The van der Waals surface area contributed by atoms with Crippen LogP contribution < -0.4 is 4.90 Å². The first-order chi connectivity index (χ1) is 10.1. The Hall–Kier alpha value is -2.54. The van der Waals surface area contributed by atoms with E-state index in [4.69, 9.17) is 5.11 Å². The quantitative estimate of drug-likeness (QED) is 0.914. The highest BCUT2D eigenvalue weighted by molar-refractivity contribution is 5.98. The van der Waals surface area contributed by atoms with Crippen molar-refractivity contribution < 1.29 is 9.90 Å². The molecule has 0 aliphatic heterocycles. The van der Waals surface area contributed by atoms with Gasteiger partial charge in [0.25, 0.3) is 0 Å². The van der Waals surface area contributed by atoms with Crippen LogP contribution in [0.2, 0.25) is 0 Å². The number of anilines is 1. The van der Waals surface area contributed by atoms with Gasteiger partial charge < -0.3 is 10.0 Å². The van der Waals surface area contributed by atoms with Crippen molar-refractivity contribution >= 4 is 22.4 Å². The van der Waals surface area contributed by atoms with E-state index in [-0.39, 0.29) is 0 Å². The maximum Gasteiger partial charge on any atom is 0.308 e. The SMILES string of the molecule is CCN(CC(C)C(=O)O)c1ccc(C#N)c2ccccc12. The molecule has 0 aromatic heterocycles. The van der Waals surface area contributed by atoms with E-state index in [2.05, 4.69) is 6.07 Å². The second kappa shape index (κ2) is 6.27. The number of nitrogens with zero attached hydrogens (tertiary/aromatic N) is 2. The van der Waals surface area contributed by atoms with Crippen LogP contribution in [-0.2, 0) is 4.79 Å². The van der Waals surface area contributed by atoms with E-state index < -0.39 is 11.9 Å². The van der Waals surface area contributed by atoms with Crippen molar-refractivity contribution in [3.63, 3.8) is 0 Å². The lowest BCUT2D eigenvalue weighted by Crippen LogP contribution is -2.31. The first kappa shape index (κ1) is 14.9. The van der Waals surface area contributed by atoms with E-state index in [1.54, 1.807) is 13.0 Å². The summed E-state index contributed by atoms with van der Waals surface area (Å²) < 4.78 is 0. The second-order valence-corrected chi connectivity index (χ2v) is 5.07. The Kier molecular flexibility index (Phi) is 4.44. The van der Waals surface area contributed by atoms with Gasteiger partial charge in [-0.25, -0.2) is 0 Å². The Morgan fingerprint density at radius 3 is 2.52 bits per heavy atom. The number of aliphatic carboxylic acids is 1. The van der Waals surface area contributed by atoms with Crippen molar-refractivity contribution in [2.75, 3.05) is 18.0 Å². The van der Waals surface area contributed by atoms with Gasteiger partial charge in [-0.15, -0.1) is 0 Å². The summed E-state index contributed by atoms with van der Waals surface area (Å²) in [5, 5.41) is 20.2. The predicted molar refractivity (Wildman–Crippen MR) is 83.3 cm³/mol. The van der Waals surface area contributed by atoms with Gasteiger partial charge in [0, 0.05) is 29.5 Å². The molecule has 0 spiro atoms. The molecule has 4 heteroatoms. The first-order valence-corrected chi connectivity index (χ1v) is 6.98. The summed E-state index contributed by atoms with van der Waals surface area (Å²) in [7, 11) is 0. The van der Waals surface area contributed by atoms with Crippen LogP contribution in [0.5, 0.6) is 0 Å². The Balaban J connectivity index is 2.50. The van der Waals surface area contributed by atoms with Crippen LogP contribution in [0.25, 0.3) is 10.8 Å². The highest BCUT2D eigenvalue weighted by Crippen LogP contribution is 2.29. The van der Waals surface area contributed by atoms with Crippen LogP contribution in [0.15, 0.2) is 36.4 Å². The van der Waals surface area contributed by atoms with Gasteiger partial charge in [-0.05, 0) is 19.1 Å². The van der Waals surface area contributed by atoms with Gasteiger partial charge in [-0.3, -0.25) is 4.79 Å². The molecule has 1 unspecified atom stereocenters. The minimum absolute atomic E-state index is 0.445. The molecule has 0 fully saturated rings. The lowest BCUT2D eigenvalue weighted by Gasteiger charge is -2.26. The molecular formula is C17H18N2O2. The van der Waals surface area contributed by atoms with Crippen molar-refractivity contribution in [2.45, 2.75) is 13.8 Å². The van der Waals surface area contributed by atoms with E-state index in [9.17, 15) is 10.1 Å². The van der Waals surface area contributed by atoms with Crippen LogP contribution in [-0.4, -0.2) is 24.2 Å². The van der Waals surface area contributed by atoms with E-state index in [0.29, 0.717) is 18.7 Å². The molecule has 1 N–H and O–H groups in total. The summed E-state index contributed by atoms with van der Waals surface area (Å²) in [6.07, 6.45) is 0. The largest absolute Gasteiger partial charge is 0.481 e. The van der Waals surface area contributed by atoms with Gasteiger partial charge in [-0.1, -0.05) is 31.2 Å². The lowest BCUT2D eigenvalue weighted by molar-refractivity contribution is -0.140. The molecule has 21 heavy (non-hydrogen) atoms. The van der Waals surface area contributed by atoms with Gasteiger partial charge in [-0.2, -0.15) is 5.26 Å². The number of carboxylic acid groups (broad SMARTS) is 1. The number of carboxylic acids is 1. The molecule has 0 saturated heterocycles. The third kappa shape index (κ3) is 2.97. The summed E-state index contributed by atoms with van der Waals surface area (Å²) in [6.45, 7) is 4.87. The smallest absolute Gasteiger partial charge is 0.308 e. The molecular weight excluding hydrogens is 264 g/mol. The summed E-state index contributed by atoms with van der Waals surface area (Å²) >= 11 is 0. The zero-order valence-electron chi connectivity index (χ0n) is 12.2. The summed E-state index contributed by atoms with van der Waals surface area (Å²) in [4.78, 5) is 13.1. The molecule has 0 amide bonds. The fourth-order valence-electron chi connectivity index (χ4n) is 2.46. The Labute approximate surface area is 124 Å². The number of fused-ring (bicyclic) bond motifs is 1. The van der Waals surface area contributed by atoms with E-state index >= 15 is 0 Å². The van der Waals surface area contributed by atoms with Crippen molar-refractivity contribution in [2.24, 2.45) is 5.92 Å². The van der Waals surface area contributed by atoms with Crippen molar-refractivity contribution in [3.05, 3.63) is 42.0 Å². The van der Waals surface area contributed by atoms with Crippen molar-refractivity contribution in [1.29, 1.82) is 5.26 Å². The highest BCUT2D eigenvalue weighted by Gasteiger charge is 2.17. The van der Waals surface area contributed by atoms with E-state index in [1.165, 1.54) is 0 Å². The molecule has 108 valence electrons. The van der Waals surface area contributed by atoms with Crippen LogP contribution in [0.1, 0.15) is 19.4 Å². The first-order valence-electron chi connectivity index (χ1n) is 6.98. The number of rotatable bonds is 5. The minimum atomic E-state index is -0.800. The van der Waals surface area contributed by atoms with Crippen LogP contribution >= 0.6 is 0 Å². The highest BCUT2D eigenvalue weighted by atomic mass is 16.4. The van der Waals surface area contributed by atoms with Gasteiger partial charge in [0.15, 0.2) is 0 Å². The number of carbonyl (C=O) groups is 1. The maximum atomic E-state index is 11.1. The molecule has 0 radical (unpaired) electrons. The third-order valence-electron chi connectivity index (χ3n) is 3.66. The zero-order chi connectivity index (χ0) is 15.4. The number of hydrogen-bond donors (Lipinski definition) is 1. The van der Waals surface area contributed by atoms with Gasteiger partial charge in [0.1, 0.15) is 0 Å². The normalized spacial score (nSPS) is 11.9. The third-order valence-corrected chi connectivity index (χ3v) is 3.66. The Bertz CT molecular complexity index is 703. The second-order valence-electron chi connectivity index (χ2n) is 5.07. The number of benzene rings is 2. The molecule has 2 aromatic rings. The summed E-state index contributed by atoms with van der Waals surface area (Å²) in [5.74, 6) is -1.24. The fraction of sp³-hybridized carbons (Fsp3) is 0.294. The molecule has 4 nitrogen and oxygen atoms in total. The fourth-order valence-corrected chi connectivity index (χ4v) is 2.46. The van der Waals surface area contributed by atoms with E-state index in [1.807, 2.05) is 42.2 Å². The molecule has 0 heterocycles. The maximum absolute atomic E-state index is 11.1. The minimum Gasteiger partial charge on any atom is -0.481 e. The Morgan fingerprint density at radius 2 is 1.95 bits per heavy atom. The zero-order valence-corrected chi connectivity index (χ0v) is 12.2. The van der Waals surface area contributed by atoms with E-state index in [0.717, 1.165) is 16.5 Å². The molecule has 1 atom stereocenters. The predicted octanol–water partition coefficient (Wildman–Crippen LogP) is 3.26. The topological polar surface area (TPSA) is 64.3 Å². The Morgan fingerprint density at radius 1 is 1.29 bits per heavy atom. The monoisotopic (exact) mass is 282 g/mol. The summed E-state index contributed by atoms with van der Waals surface area (Å²) in [6, 6.07) is 13.6. The molecule has 0 bridgehead atoms. The molecule has 2 rings (SSSR count). The van der Waals surface area contributed by atoms with Gasteiger partial charge >= 0.3 is 5.97 Å². The standard InChI is InChI=1S/C17H18N2O2/c1-3-19(11-12(2)17(20)21)16-9-8-13(10-18)14-6-4-5-7-15(14)16/h4-9,12H,3,11H2,1-2H3,(H,20,21). The lowest BCUT2D eigenvalue weighted by atomic mass is 10.0. The molecule has 0 saturated carbocycles. The number of hydrogen-bond acceptors (Lipinski definition) is 3. The van der Waals surface area contributed by atoms with Crippen LogP contribution in [0, 0.1) is 17.2 Å². The number of nitriles is 1. The molecule has 0 aliphatic rings. The van der Waals surface area contributed by atoms with Crippen molar-refractivity contribution in [3.8, 4) is 6.07 Å². The molecule has 0 aliphatic carbocycles.